The van der Waals surface area contributed by atoms with Gasteiger partial charge in [0.15, 0.2) is 0 Å². The average Bonchev–Trinajstić information content (AvgIpc) is 2.91. The van der Waals surface area contributed by atoms with Crippen molar-refractivity contribution in [1.82, 2.24) is 10.2 Å². The summed E-state index contributed by atoms with van der Waals surface area (Å²) in [6.45, 7) is 9.64. The van der Waals surface area contributed by atoms with Crippen molar-refractivity contribution in [1.29, 1.82) is 0 Å². The van der Waals surface area contributed by atoms with Crippen LogP contribution in [0, 0.1) is 5.92 Å². The zero-order valence-electron chi connectivity index (χ0n) is 11.2. The molecular formula is C14H28N2. The number of hydrogen-bond acceptors (Lipinski definition) is 2. The second-order valence-electron chi connectivity index (χ2n) is 6.20. The van der Waals surface area contributed by atoms with E-state index in [1.54, 1.807) is 0 Å². The van der Waals surface area contributed by atoms with Gasteiger partial charge < -0.3 is 5.32 Å². The maximum absolute atomic E-state index is 3.64. The van der Waals surface area contributed by atoms with Crippen LogP contribution in [-0.2, 0) is 0 Å². The van der Waals surface area contributed by atoms with Crippen molar-refractivity contribution in [3.05, 3.63) is 0 Å². The van der Waals surface area contributed by atoms with E-state index in [1.165, 1.54) is 45.2 Å². The van der Waals surface area contributed by atoms with Gasteiger partial charge in [0, 0.05) is 24.7 Å². The summed E-state index contributed by atoms with van der Waals surface area (Å²) in [5, 5.41) is 3.64. The highest BCUT2D eigenvalue weighted by atomic mass is 15.2. The lowest BCUT2D eigenvalue weighted by Gasteiger charge is -2.32. The Kier molecular flexibility index (Phi) is 4.26. The fourth-order valence-electron chi connectivity index (χ4n) is 3.08. The molecule has 0 aromatic rings. The van der Waals surface area contributed by atoms with Crippen molar-refractivity contribution in [3.63, 3.8) is 0 Å². The minimum atomic E-state index is 0.773. The molecule has 1 heterocycles. The molecule has 0 radical (unpaired) electrons. The van der Waals surface area contributed by atoms with Crippen molar-refractivity contribution < 1.29 is 0 Å². The third-order valence-electron chi connectivity index (χ3n) is 3.99. The molecule has 2 heteroatoms. The Bertz CT molecular complexity index is 205. The second kappa shape index (κ2) is 5.50. The Morgan fingerprint density at radius 3 is 2.44 bits per heavy atom. The molecule has 1 saturated carbocycles. The van der Waals surface area contributed by atoms with Crippen molar-refractivity contribution in [2.45, 2.75) is 71.0 Å². The summed E-state index contributed by atoms with van der Waals surface area (Å²) in [7, 11) is 0. The zero-order valence-corrected chi connectivity index (χ0v) is 11.2. The molecule has 2 nitrogen and oxygen atoms in total. The first-order valence-electron chi connectivity index (χ1n) is 7.16. The molecular weight excluding hydrogens is 196 g/mol. The summed E-state index contributed by atoms with van der Waals surface area (Å²) in [6, 6.07) is 2.46. The molecule has 2 unspecified atom stereocenters. The third kappa shape index (κ3) is 3.46. The third-order valence-corrected chi connectivity index (χ3v) is 3.99. The van der Waals surface area contributed by atoms with Crippen LogP contribution >= 0.6 is 0 Å². The predicted molar refractivity (Wildman–Crippen MR) is 69.7 cm³/mol. The predicted octanol–water partition coefficient (Wildman–Crippen LogP) is 2.64. The molecule has 0 amide bonds. The molecule has 0 aromatic carbocycles. The minimum absolute atomic E-state index is 0.773. The molecule has 16 heavy (non-hydrogen) atoms. The molecule has 0 spiro atoms. The number of nitrogens with zero attached hydrogens (tertiary/aromatic N) is 1. The van der Waals surface area contributed by atoms with Crippen LogP contribution in [0.2, 0.25) is 0 Å². The fourth-order valence-corrected chi connectivity index (χ4v) is 3.08. The Morgan fingerprint density at radius 2 is 1.94 bits per heavy atom. The number of hydrogen-bond donors (Lipinski definition) is 1. The van der Waals surface area contributed by atoms with Gasteiger partial charge in [-0.2, -0.15) is 0 Å². The van der Waals surface area contributed by atoms with Gasteiger partial charge in [-0.15, -0.1) is 0 Å². The Balaban J connectivity index is 1.83. The Morgan fingerprint density at radius 1 is 1.19 bits per heavy atom. The molecule has 1 aliphatic heterocycles. The molecule has 0 bridgehead atoms. The highest BCUT2D eigenvalue weighted by molar-refractivity contribution is 4.91. The molecule has 2 aliphatic rings. The van der Waals surface area contributed by atoms with Crippen LogP contribution < -0.4 is 5.32 Å². The maximum Gasteiger partial charge on any atom is 0.0195 e. The van der Waals surface area contributed by atoms with Crippen LogP contribution in [0.25, 0.3) is 0 Å². The SMILES string of the molecule is CC(C)CC(C)N(CC1CCCN1)C1CC1. The first-order chi connectivity index (χ1) is 7.66. The fraction of sp³-hybridized carbons (Fsp3) is 1.00. The van der Waals surface area contributed by atoms with Gasteiger partial charge in [0.2, 0.25) is 0 Å². The lowest BCUT2D eigenvalue weighted by Crippen LogP contribution is -2.44. The van der Waals surface area contributed by atoms with Gasteiger partial charge >= 0.3 is 0 Å². The Labute approximate surface area is 101 Å². The minimum Gasteiger partial charge on any atom is -0.313 e. The van der Waals surface area contributed by atoms with E-state index in [0.29, 0.717) is 0 Å². The summed E-state index contributed by atoms with van der Waals surface area (Å²) in [4.78, 5) is 2.78. The summed E-state index contributed by atoms with van der Waals surface area (Å²) < 4.78 is 0. The first-order valence-corrected chi connectivity index (χ1v) is 7.16. The van der Waals surface area contributed by atoms with E-state index in [-0.39, 0.29) is 0 Å². The van der Waals surface area contributed by atoms with Gasteiger partial charge in [-0.1, -0.05) is 13.8 Å². The van der Waals surface area contributed by atoms with Gasteiger partial charge in [0.05, 0.1) is 0 Å². The smallest absolute Gasteiger partial charge is 0.0195 e. The molecule has 1 N–H and O–H groups in total. The standard InChI is InChI=1S/C14H28N2/c1-11(2)9-12(3)16(14-6-7-14)10-13-5-4-8-15-13/h11-15H,4-10H2,1-3H3. The summed E-state index contributed by atoms with van der Waals surface area (Å²) >= 11 is 0. The molecule has 2 fully saturated rings. The molecule has 1 saturated heterocycles. The largest absolute Gasteiger partial charge is 0.313 e. The van der Waals surface area contributed by atoms with E-state index in [0.717, 1.165) is 24.0 Å². The van der Waals surface area contributed by atoms with Gasteiger partial charge in [-0.25, -0.2) is 0 Å². The van der Waals surface area contributed by atoms with Crippen LogP contribution in [0.4, 0.5) is 0 Å². The van der Waals surface area contributed by atoms with Crippen LogP contribution in [0.3, 0.4) is 0 Å². The molecule has 94 valence electrons. The highest BCUT2D eigenvalue weighted by Gasteiger charge is 2.34. The van der Waals surface area contributed by atoms with E-state index in [9.17, 15) is 0 Å². The van der Waals surface area contributed by atoms with Gasteiger partial charge in [-0.3, -0.25) is 4.90 Å². The lowest BCUT2D eigenvalue weighted by atomic mass is 10.0. The topological polar surface area (TPSA) is 15.3 Å². The van der Waals surface area contributed by atoms with Crippen LogP contribution in [0.5, 0.6) is 0 Å². The maximum atomic E-state index is 3.64. The van der Waals surface area contributed by atoms with Crippen LogP contribution in [0.1, 0.15) is 52.9 Å². The normalized spacial score (nSPS) is 27.9. The zero-order chi connectivity index (χ0) is 11.5. The Hall–Kier alpha value is -0.0800. The van der Waals surface area contributed by atoms with E-state index in [2.05, 4.69) is 31.0 Å². The van der Waals surface area contributed by atoms with Gasteiger partial charge in [0.25, 0.3) is 0 Å². The monoisotopic (exact) mass is 224 g/mol. The quantitative estimate of drug-likeness (QED) is 0.746. The van der Waals surface area contributed by atoms with Crippen molar-refractivity contribution in [2.75, 3.05) is 13.1 Å². The molecule has 1 aliphatic carbocycles. The summed E-state index contributed by atoms with van der Waals surface area (Å²) in [6.07, 6.45) is 6.99. The highest BCUT2D eigenvalue weighted by Crippen LogP contribution is 2.31. The molecule has 2 rings (SSSR count). The molecule has 2 atom stereocenters. The number of nitrogens with one attached hydrogen (secondary N) is 1. The second-order valence-corrected chi connectivity index (χ2v) is 6.20. The van der Waals surface area contributed by atoms with Gasteiger partial charge in [0.1, 0.15) is 0 Å². The van der Waals surface area contributed by atoms with Crippen molar-refractivity contribution in [3.8, 4) is 0 Å². The van der Waals surface area contributed by atoms with E-state index in [1.807, 2.05) is 0 Å². The van der Waals surface area contributed by atoms with Crippen LogP contribution in [-0.4, -0.2) is 36.1 Å². The molecule has 0 aromatic heterocycles. The van der Waals surface area contributed by atoms with E-state index >= 15 is 0 Å². The summed E-state index contributed by atoms with van der Waals surface area (Å²) in [5.41, 5.74) is 0. The van der Waals surface area contributed by atoms with Crippen molar-refractivity contribution in [2.24, 2.45) is 5.92 Å². The van der Waals surface area contributed by atoms with Gasteiger partial charge in [-0.05, 0) is 51.5 Å². The summed E-state index contributed by atoms with van der Waals surface area (Å²) in [5.74, 6) is 0.827. The van der Waals surface area contributed by atoms with E-state index < -0.39 is 0 Å². The average molecular weight is 224 g/mol. The van der Waals surface area contributed by atoms with Crippen molar-refractivity contribution >= 4 is 0 Å². The first kappa shape index (κ1) is 12.4. The van der Waals surface area contributed by atoms with Crippen LogP contribution in [0.15, 0.2) is 0 Å². The van der Waals surface area contributed by atoms with E-state index in [4.69, 9.17) is 0 Å². The number of rotatable bonds is 6. The lowest BCUT2D eigenvalue weighted by molar-refractivity contribution is 0.162.